The Bertz CT molecular complexity index is 975. The molecule has 4 rings (SSSR count). The lowest BCUT2D eigenvalue weighted by molar-refractivity contribution is -0.133. The van der Waals surface area contributed by atoms with Gasteiger partial charge in [0.25, 0.3) is 5.91 Å². The van der Waals surface area contributed by atoms with Gasteiger partial charge in [-0.05, 0) is 57.4 Å². The van der Waals surface area contributed by atoms with Gasteiger partial charge in [0.05, 0.1) is 6.54 Å². The van der Waals surface area contributed by atoms with Crippen molar-refractivity contribution in [3.05, 3.63) is 51.8 Å². The Balaban J connectivity index is 1.61. The molecule has 27 heavy (non-hydrogen) atoms. The van der Waals surface area contributed by atoms with Crippen molar-refractivity contribution in [2.24, 2.45) is 0 Å². The smallest absolute Gasteiger partial charge is 0.323 e. The molecular weight excluding hydrogens is 410 g/mol. The van der Waals surface area contributed by atoms with E-state index >= 15 is 0 Å². The lowest BCUT2D eigenvalue weighted by Crippen LogP contribution is -2.52. The first-order valence-corrected chi connectivity index (χ1v) is 9.74. The monoisotopic (exact) mass is 429 g/mol. The van der Waals surface area contributed by atoms with Gasteiger partial charge in [0.15, 0.2) is 5.78 Å². The van der Waals surface area contributed by atoms with Crippen LogP contribution in [0.5, 0.6) is 0 Å². The van der Waals surface area contributed by atoms with Crippen molar-refractivity contribution in [3.63, 3.8) is 0 Å². The number of Topliss-reactive ketones (excluding diaryl/α,β-unsaturated/α-hetero) is 1. The lowest BCUT2D eigenvalue weighted by atomic mass is 9.77. The normalized spacial score (nSPS) is 18.0. The van der Waals surface area contributed by atoms with Crippen LogP contribution in [0.4, 0.5) is 4.79 Å². The van der Waals surface area contributed by atoms with Crippen molar-refractivity contribution < 1.29 is 14.4 Å². The first-order valence-electron chi connectivity index (χ1n) is 8.94. The highest BCUT2D eigenvalue weighted by Gasteiger charge is 2.55. The molecule has 1 N–H and O–H groups in total. The minimum absolute atomic E-state index is 0.227. The average Bonchev–Trinajstić information content (AvgIpc) is 3.02. The maximum Gasteiger partial charge on any atom is 0.325 e. The van der Waals surface area contributed by atoms with Crippen LogP contribution in [0, 0.1) is 13.8 Å². The van der Waals surface area contributed by atoms with Crippen LogP contribution in [0.25, 0.3) is 5.69 Å². The number of benzene rings is 1. The van der Waals surface area contributed by atoms with Crippen LogP contribution in [0.15, 0.2) is 34.8 Å². The van der Waals surface area contributed by atoms with Crippen LogP contribution in [-0.4, -0.2) is 39.3 Å². The van der Waals surface area contributed by atoms with Gasteiger partial charge in [0.1, 0.15) is 5.54 Å². The topological polar surface area (TPSA) is 71.4 Å². The standard InChI is InChI=1S/C20H20BrN3O3/c1-12-9-16(13(2)24(12)15-6-3-5-14(21)10-15)17(25)11-23-18(26)20(7-4-8-20)22-19(23)27/h3,5-6,9-10H,4,7-8,11H2,1-2H3,(H,22,27). The number of hydrogen-bond donors (Lipinski definition) is 1. The van der Waals surface area contributed by atoms with E-state index in [1.54, 1.807) is 0 Å². The molecule has 1 aliphatic heterocycles. The fraction of sp³-hybridized carbons (Fsp3) is 0.350. The van der Waals surface area contributed by atoms with Crippen molar-refractivity contribution in [2.75, 3.05) is 6.54 Å². The first-order chi connectivity index (χ1) is 12.8. The van der Waals surface area contributed by atoms with E-state index in [1.165, 1.54) is 0 Å². The molecule has 0 atom stereocenters. The molecule has 1 aliphatic carbocycles. The van der Waals surface area contributed by atoms with Crippen LogP contribution in [0.1, 0.15) is 41.0 Å². The lowest BCUT2D eigenvalue weighted by Gasteiger charge is -2.34. The average molecular weight is 430 g/mol. The number of ketones is 1. The zero-order valence-electron chi connectivity index (χ0n) is 15.2. The molecule has 6 nitrogen and oxygen atoms in total. The number of nitrogens with zero attached hydrogens (tertiary/aromatic N) is 2. The minimum Gasteiger partial charge on any atom is -0.323 e. The SMILES string of the molecule is Cc1cc(C(=O)CN2C(=O)NC3(CCC3)C2=O)c(C)n1-c1cccc(Br)c1. The maximum absolute atomic E-state index is 12.9. The van der Waals surface area contributed by atoms with Crippen LogP contribution >= 0.6 is 15.9 Å². The summed E-state index contributed by atoms with van der Waals surface area (Å²) in [6.45, 7) is 3.58. The third-order valence-corrected chi connectivity index (χ3v) is 6.05. The largest absolute Gasteiger partial charge is 0.325 e. The van der Waals surface area contributed by atoms with Gasteiger partial charge in [0, 0.05) is 27.1 Å². The molecule has 7 heteroatoms. The fourth-order valence-corrected chi connectivity index (χ4v) is 4.36. The Morgan fingerprint density at radius 1 is 1.22 bits per heavy atom. The molecule has 0 bridgehead atoms. The highest BCUT2D eigenvalue weighted by atomic mass is 79.9. The molecule has 2 aromatic rings. The molecule has 0 radical (unpaired) electrons. The highest BCUT2D eigenvalue weighted by molar-refractivity contribution is 9.10. The number of rotatable bonds is 4. The Kier molecular flexibility index (Phi) is 4.22. The molecule has 2 aliphatic rings. The summed E-state index contributed by atoms with van der Waals surface area (Å²) in [7, 11) is 0. The summed E-state index contributed by atoms with van der Waals surface area (Å²) in [5.74, 6) is -0.503. The molecule has 1 saturated carbocycles. The number of imide groups is 1. The number of urea groups is 1. The van der Waals surface area contributed by atoms with Crippen LogP contribution < -0.4 is 5.32 Å². The van der Waals surface area contributed by atoms with Crippen LogP contribution in [-0.2, 0) is 4.79 Å². The summed E-state index contributed by atoms with van der Waals surface area (Å²) < 4.78 is 2.95. The van der Waals surface area contributed by atoms with Crippen molar-refractivity contribution in [2.45, 2.75) is 38.6 Å². The quantitative estimate of drug-likeness (QED) is 0.596. The Morgan fingerprint density at radius 2 is 1.96 bits per heavy atom. The van der Waals surface area contributed by atoms with E-state index in [2.05, 4.69) is 21.2 Å². The third kappa shape index (κ3) is 2.81. The molecule has 1 spiro atoms. The summed E-state index contributed by atoms with van der Waals surface area (Å²) in [6.07, 6.45) is 2.22. The number of nitrogens with one attached hydrogen (secondary N) is 1. The molecule has 3 amide bonds. The number of amides is 3. The zero-order chi connectivity index (χ0) is 19.3. The number of aryl methyl sites for hydroxylation is 1. The predicted octanol–water partition coefficient (Wildman–Crippen LogP) is 3.51. The fourth-order valence-electron chi connectivity index (χ4n) is 3.98. The Labute approximate surface area is 165 Å². The maximum atomic E-state index is 12.9. The number of aromatic nitrogens is 1. The van der Waals surface area contributed by atoms with E-state index < -0.39 is 11.6 Å². The number of carbonyl (C=O) groups excluding carboxylic acids is 3. The number of carbonyl (C=O) groups is 3. The summed E-state index contributed by atoms with van der Waals surface area (Å²) in [5.41, 5.74) is 2.43. The van der Waals surface area contributed by atoms with E-state index in [1.807, 2.05) is 48.7 Å². The van der Waals surface area contributed by atoms with Gasteiger partial charge >= 0.3 is 6.03 Å². The second kappa shape index (κ2) is 6.34. The second-order valence-electron chi connectivity index (χ2n) is 7.28. The van der Waals surface area contributed by atoms with Gasteiger partial charge < -0.3 is 9.88 Å². The van der Waals surface area contributed by atoms with Gasteiger partial charge in [-0.25, -0.2) is 4.79 Å². The molecule has 0 unspecified atom stereocenters. The van der Waals surface area contributed by atoms with Crippen LogP contribution in [0.2, 0.25) is 0 Å². The highest BCUT2D eigenvalue weighted by Crippen LogP contribution is 2.37. The van der Waals surface area contributed by atoms with Crippen molar-refractivity contribution in [1.82, 2.24) is 14.8 Å². The zero-order valence-corrected chi connectivity index (χ0v) is 16.8. The summed E-state index contributed by atoms with van der Waals surface area (Å²) in [4.78, 5) is 38.7. The molecule has 2 heterocycles. The Hall–Kier alpha value is -2.41. The van der Waals surface area contributed by atoms with Gasteiger partial charge in [-0.3, -0.25) is 14.5 Å². The van der Waals surface area contributed by atoms with E-state index in [0.717, 1.165) is 32.9 Å². The van der Waals surface area contributed by atoms with Crippen molar-refractivity contribution in [3.8, 4) is 5.69 Å². The van der Waals surface area contributed by atoms with E-state index in [-0.39, 0.29) is 18.2 Å². The molecule has 1 aromatic heterocycles. The van der Waals surface area contributed by atoms with Gasteiger partial charge in [0.2, 0.25) is 0 Å². The summed E-state index contributed by atoms with van der Waals surface area (Å²) in [6, 6.07) is 9.18. The number of halogens is 1. The van der Waals surface area contributed by atoms with Gasteiger partial charge in [-0.15, -0.1) is 0 Å². The minimum atomic E-state index is -0.759. The molecular formula is C20H20BrN3O3. The second-order valence-corrected chi connectivity index (χ2v) is 8.20. The summed E-state index contributed by atoms with van der Waals surface area (Å²) >= 11 is 3.47. The third-order valence-electron chi connectivity index (χ3n) is 5.55. The van der Waals surface area contributed by atoms with E-state index in [4.69, 9.17) is 0 Å². The molecule has 2 fully saturated rings. The molecule has 1 saturated heterocycles. The van der Waals surface area contributed by atoms with Crippen molar-refractivity contribution in [1.29, 1.82) is 0 Å². The van der Waals surface area contributed by atoms with Gasteiger partial charge in [-0.1, -0.05) is 22.0 Å². The molecule has 1 aromatic carbocycles. The summed E-state index contributed by atoms with van der Waals surface area (Å²) in [5, 5.41) is 2.76. The van der Waals surface area contributed by atoms with E-state index in [0.29, 0.717) is 18.4 Å². The number of hydrogen-bond acceptors (Lipinski definition) is 3. The van der Waals surface area contributed by atoms with Crippen molar-refractivity contribution >= 4 is 33.7 Å². The Morgan fingerprint density at radius 3 is 2.56 bits per heavy atom. The van der Waals surface area contributed by atoms with Crippen LogP contribution in [0.3, 0.4) is 0 Å². The first kappa shape index (κ1) is 18.0. The van der Waals surface area contributed by atoms with Gasteiger partial charge in [-0.2, -0.15) is 0 Å². The molecule has 140 valence electrons. The van der Waals surface area contributed by atoms with E-state index in [9.17, 15) is 14.4 Å². The predicted molar refractivity (Wildman–Crippen MR) is 104 cm³/mol.